The summed E-state index contributed by atoms with van der Waals surface area (Å²) in [6, 6.07) is 0. The van der Waals surface area contributed by atoms with Crippen LogP contribution in [0.5, 0.6) is 0 Å². The van der Waals surface area contributed by atoms with Crippen LogP contribution in [0.15, 0.2) is 0 Å². The molecule has 76 valence electrons. The summed E-state index contributed by atoms with van der Waals surface area (Å²) in [6.07, 6.45) is 4.00. The van der Waals surface area contributed by atoms with E-state index in [1.54, 1.807) is 0 Å². The highest BCUT2D eigenvalue weighted by Crippen LogP contribution is 2.27. The van der Waals surface area contributed by atoms with Crippen LogP contribution in [0.2, 0.25) is 0 Å². The molecule has 0 aromatic heterocycles. The SMILES string of the molecule is CC1(C)CCCC(C)(C)N1.[Br][Mg][Br]. The highest BCUT2D eigenvalue weighted by molar-refractivity contribution is 9.47. The van der Waals surface area contributed by atoms with Gasteiger partial charge in [-0.2, -0.15) is 0 Å². The Labute approximate surface area is 104 Å². The average molecular weight is 325 g/mol. The first kappa shape index (κ1) is 14.7. The van der Waals surface area contributed by atoms with Gasteiger partial charge in [0.15, 0.2) is 0 Å². The third kappa shape index (κ3) is 7.60. The maximum absolute atomic E-state index is 3.63. The summed E-state index contributed by atoms with van der Waals surface area (Å²) in [5.41, 5.74) is 0.726. The molecule has 4 heteroatoms. The highest BCUT2D eigenvalue weighted by atomic mass is 79.9. The van der Waals surface area contributed by atoms with Crippen LogP contribution in [0.25, 0.3) is 0 Å². The molecule has 0 atom stereocenters. The van der Waals surface area contributed by atoms with E-state index in [1.807, 2.05) is 0 Å². The molecule has 0 radical (unpaired) electrons. The van der Waals surface area contributed by atoms with E-state index in [1.165, 1.54) is 19.3 Å². The van der Waals surface area contributed by atoms with Crippen molar-refractivity contribution in [2.24, 2.45) is 0 Å². The Balaban J connectivity index is 0.000000424. The summed E-state index contributed by atoms with van der Waals surface area (Å²) in [7, 11) is 0. The van der Waals surface area contributed by atoms with Gasteiger partial charge in [-0.05, 0) is 47.0 Å². The van der Waals surface area contributed by atoms with Gasteiger partial charge in [0.1, 0.15) is 0 Å². The standard InChI is InChI=1S/C9H19N.2BrH.Mg/c1-8(2)6-5-7-9(3,4)10-8;;;/h10H,5-7H2,1-4H3;2*1H;/q;;;+2/p-2. The topological polar surface area (TPSA) is 12.0 Å². The van der Waals surface area contributed by atoms with E-state index in [0.717, 1.165) is 0 Å². The molecule has 0 aliphatic carbocycles. The molecule has 1 heterocycles. The van der Waals surface area contributed by atoms with Gasteiger partial charge in [-0.1, -0.05) is 0 Å². The molecular weight excluding hydrogens is 306 g/mol. The predicted octanol–water partition coefficient (Wildman–Crippen LogP) is 3.63. The van der Waals surface area contributed by atoms with Crippen molar-refractivity contribution < 1.29 is 0 Å². The van der Waals surface area contributed by atoms with Crippen LogP contribution >= 0.6 is 25.8 Å². The van der Waals surface area contributed by atoms with Gasteiger partial charge in [-0.15, -0.1) is 0 Å². The van der Waals surface area contributed by atoms with Gasteiger partial charge >= 0.3 is 16.0 Å². The van der Waals surface area contributed by atoms with Crippen molar-refractivity contribution >= 4 is 41.8 Å². The summed E-state index contributed by atoms with van der Waals surface area (Å²) < 4.78 is 0. The second kappa shape index (κ2) is 6.31. The van der Waals surface area contributed by atoms with E-state index in [4.69, 9.17) is 0 Å². The highest BCUT2D eigenvalue weighted by Gasteiger charge is 2.31. The quantitative estimate of drug-likeness (QED) is 0.671. The molecule has 1 aliphatic rings. The Morgan fingerprint density at radius 3 is 1.46 bits per heavy atom. The van der Waals surface area contributed by atoms with Crippen molar-refractivity contribution in [2.45, 2.75) is 58.0 Å². The van der Waals surface area contributed by atoms with Gasteiger partial charge in [0, 0.05) is 11.1 Å². The molecule has 0 aromatic rings. The number of piperidine rings is 1. The average Bonchev–Trinajstić information content (AvgIpc) is 1.82. The fourth-order valence-corrected chi connectivity index (χ4v) is 2.01. The van der Waals surface area contributed by atoms with Crippen LogP contribution in [0.1, 0.15) is 47.0 Å². The zero-order valence-corrected chi connectivity index (χ0v) is 13.7. The van der Waals surface area contributed by atoms with Gasteiger partial charge < -0.3 is 5.32 Å². The van der Waals surface area contributed by atoms with Gasteiger partial charge in [0.05, 0.1) is 0 Å². The lowest BCUT2D eigenvalue weighted by atomic mass is 9.83. The monoisotopic (exact) mass is 323 g/mol. The first-order valence-corrected chi connectivity index (χ1v) is 12.5. The van der Waals surface area contributed by atoms with E-state index >= 15 is 0 Å². The molecule has 0 unspecified atom stereocenters. The number of hydrogen-bond acceptors (Lipinski definition) is 1. The first-order valence-electron chi connectivity index (χ1n) is 4.74. The van der Waals surface area contributed by atoms with Crippen molar-refractivity contribution in [2.75, 3.05) is 0 Å². The van der Waals surface area contributed by atoms with Gasteiger partial charge in [0.2, 0.25) is 0 Å². The zero-order chi connectivity index (χ0) is 10.5. The molecule has 1 N–H and O–H groups in total. The number of halogens is 2. The normalized spacial score (nSPS) is 23.8. The van der Waals surface area contributed by atoms with E-state index in [2.05, 4.69) is 58.8 Å². The van der Waals surface area contributed by atoms with E-state index in [-0.39, 0.29) is 16.0 Å². The van der Waals surface area contributed by atoms with Crippen LogP contribution in [0.4, 0.5) is 0 Å². The lowest BCUT2D eigenvalue weighted by Crippen LogP contribution is -2.55. The third-order valence-electron chi connectivity index (χ3n) is 2.28. The number of rotatable bonds is 0. The van der Waals surface area contributed by atoms with Gasteiger partial charge in [-0.25, -0.2) is 0 Å². The second-order valence-corrected chi connectivity index (χ2v) is 12.9. The first-order chi connectivity index (χ1) is 5.83. The molecule has 1 aliphatic heterocycles. The summed E-state index contributed by atoms with van der Waals surface area (Å²) >= 11 is 6.44. The smallest absolute Gasteiger partial charge is 0.307 e. The van der Waals surface area contributed by atoms with Gasteiger partial charge in [0.25, 0.3) is 0 Å². The molecule has 0 saturated carbocycles. The summed E-state index contributed by atoms with van der Waals surface area (Å²) in [5.74, 6) is 0. The van der Waals surface area contributed by atoms with Crippen LogP contribution in [-0.2, 0) is 0 Å². The number of hydrogen-bond donors (Lipinski definition) is 1. The minimum atomic E-state index is 0.0417. The molecule has 0 aromatic carbocycles. The molecule has 1 nitrogen and oxygen atoms in total. The Morgan fingerprint density at radius 2 is 1.31 bits per heavy atom. The van der Waals surface area contributed by atoms with Crippen LogP contribution in [-0.4, -0.2) is 27.1 Å². The molecular formula is C9H19Br2MgN. The third-order valence-corrected chi connectivity index (χ3v) is 2.28. The fourth-order valence-electron chi connectivity index (χ4n) is 2.01. The minimum Gasteiger partial charge on any atom is -0.307 e. The van der Waals surface area contributed by atoms with E-state index < -0.39 is 0 Å². The van der Waals surface area contributed by atoms with Gasteiger partial charge in [-0.3, -0.25) is 25.8 Å². The fraction of sp³-hybridized carbons (Fsp3) is 1.00. The van der Waals surface area contributed by atoms with Crippen LogP contribution in [0, 0.1) is 0 Å². The predicted molar refractivity (Wildman–Crippen MR) is 68.8 cm³/mol. The maximum atomic E-state index is 3.63. The minimum absolute atomic E-state index is 0.0417. The lowest BCUT2D eigenvalue weighted by Gasteiger charge is -2.42. The van der Waals surface area contributed by atoms with Crippen molar-refractivity contribution in [3.8, 4) is 0 Å². The molecule has 1 fully saturated rings. The molecule has 1 saturated heterocycles. The molecule has 0 bridgehead atoms. The van der Waals surface area contributed by atoms with Crippen molar-refractivity contribution in [3.05, 3.63) is 0 Å². The Kier molecular flexibility index (Phi) is 7.13. The lowest BCUT2D eigenvalue weighted by molar-refractivity contribution is 0.183. The summed E-state index contributed by atoms with van der Waals surface area (Å²) in [6.45, 7) is 9.14. The van der Waals surface area contributed by atoms with Crippen molar-refractivity contribution in [3.63, 3.8) is 0 Å². The maximum Gasteiger partial charge on any atom is 0.560 e. The van der Waals surface area contributed by atoms with Crippen molar-refractivity contribution in [1.29, 1.82) is 0 Å². The Morgan fingerprint density at radius 1 is 1.00 bits per heavy atom. The molecule has 1 rings (SSSR count). The Hall–Kier alpha value is 1.69. The largest absolute Gasteiger partial charge is 0.560 e. The summed E-state index contributed by atoms with van der Waals surface area (Å²) in [5, 5.41) is 3.63. The Bertz CT molecular complexity index is 135. The second-order valence-electron chi connectivity index (χ2n) is 4.85. The zero-order valence-electron chi connectivity index (χ0n) is 9.08. The van der Waals surface area contributed by atoms with Crippen LogP contribution < -0.4 is 5.32 Å². The van der Waals surface area contributed by atoms with E-state index in [9.17, 15) is 0 Å². The molecule has 0 spiro atoms. The van der Waals surface area contributed by atoms with Crippen LogP contribution in [0.3, 0.4) is 0 Å². The summed E-state index contributed by atoms with van der Waals surface area (Å²) in [4.78, 5) is 0. The van der Waals surface area contributed by atoms with Crippen molar-refractivity contribution in [1.82, 2.24) is 5.32 Å². The molecule has 0 amide bonds. The van der Waals surface area contributed by atoms with E-state index in [0.29, 0.717) is 11.1 Å². The number of nitrogens with one attached hydrogen (secondary N) is 1. The molecule has 13 heavy (non-hydrogen) atoms.